The van der Waals surface area contributed by atoms with Crippen LogP contribution in [0.4, 0.5) is 14.9 Å². The summed E-state index contributed by atoms with van der Waals surface area (Å²) >= 11 is 0. The summed E-state index contributed by atoms with van der Waals surface area (Å²) in [5, 5.41) is 9.95. The van der Waals surface area contributed by atoms with Crippen LogP contribution >= 0.6 is 0 Å². The van der Waals surface area contributed by atoms with Crippen molar-refractivity contribution in [3.8, 4) is 11.1 Å². The third-order valence-electron chi connectivity index (χ3n) is 5.79. The monoisotopic (exact) mass is 466 g/mol. The molecule has 1 saturated heterocycles. The van der Waals surface area contributed by atoms with Gasteiger partial charge in [-0.25, -0.2) is 9.18 Å². The first-order valence-corrected chi connectivity index (χ1v) is 11.1. The summed E-state index contributed by atoms with van der Waals surface area (Å²) in [4.78, 5) is 24.6. The van der Waals surface area contributed by atoms with Gasteiger partial charge in [-0.05, 0) is 43.2 Å². The molecule has 3 aromatic rings. The fraction of sp³-hybridized carbons (Fsp3) is 0.320. The molecular weight excluding hydrogens is 439 g/mol. The zero-order valence-electron chi connectivity index (χ0n) is 19.4. The maximum atomic E-state index is 14.9. The minimum Gasteiger partial charge on any atom is -0.442 e. The number of nitrogens with one attached hydrogen (secondary N) is 2. The Kier molecular flexibility index (Phi) is 6.93. The second-order valence-electron chi connectivity index (χ2n) is 8.32. The number of carbonyl (C=O) groups excluding carboxylic acids is 2. The molecule has 1 fully saturated rings. The van der Waals surface area contributed by atoms with Crippen LogP contribution in [0.2, 0.25) is 0 Å². The van der Waals surface area contributed by atoms with Gasteiger partial charge in [0, 0.05) is 31.1 Å². The van der Waals surface area contributed by atoms with Crippen LogP contribution in [-0.2, 0) is 22.6 Å². The Hall–Kier alpha value is -3.72. The van der Waals surface area contributed by atoms with Crippen LogP contribution < -0.4 is 15.5 Å². The molecule has 1 unspecified atom stereocenters. The van der Waals surface area contributed by atoms with E-state index in [4.69, 9.17) is 9.26 Å². The lowest BCUT2D eigenvalue weighted by Crippen LogP contribution is -2.33. The number of halogens is 1. The Bertz CT molecular complexity index is 1170. The van der Waals surface area contributed by atoms with Crippen molar-refractivity contribution >= 4 is 17.7 Å². The zero-order chi connectivity index (χ0) is 24.2. The van der Waals surface area contributed by atoms with E-state index < -0.39 is 18.0 Å². The fourth-order valence-corrected chi connectivity index (χ4v) is 3.89. The SMILES string of the molecule is CC(=O)NCC1CN(c2ccc(-c3ccc(CNCc4c(C)noc4C)cc3)c(F)c2)C(=O)O1. The summed E-state index contributed by atoms with van der Waals surface area (Å²) in [6.45, 7) is 6.98. The molecule has 1 aliphatic rings. The number of amides is 2. The van der Waals surface area contributed by atoms with E-state index in [0.717, 1.165) is 28.1 Å². The van der Waals surface area contributed by atoms with Crippen LogP contribution in [0.15, 0.2) is 47.0 Å². The second-order valence-corrected chi connectivity index (χ2v) is 8.32. The molecule has 0 radical (unpaired) electrons. The summed E-state index contributed by atoms with van der Waals surface area (Å²) in [6.07, 6.45) is -1.03. The number of nitrogens with zero attached hydrogens (tertiary/aromatic N) is 2. The molecule has 34 heavy (non-hydrogen) atoms. The molecule has 9 heteroatoms. The van der Waals surface area contributed by atoms with Crippen LogP contribution in [0.1, 0.15) is 29.5 Å². The van der Waals surface area contributed by atoms with Gasteiger partial charge in [-0.2, -0.15) is 0 Å². The second kappa shape index (κ2) is 10.0. The highest BCUT2D eigenvalue weighted by atomic mass is 19.1. The molecule has 0 bridgehead atoms. The number of cyclic esters (lactones) is 1. The van der Waals surface area contributed by atoms with Crippen molar-refractivity contribution in [1.29, 1.82) is 0 Å². The van der Waals surface area contributed by atoms with Crippen molar-refractivity contribution < 1.29 is 23.2 Å². The minimum atomic E-state index is -0.559. The number of aryl methyl sites for hydroxylation is 2. The Morgan fingerprint density at radius 3 is 2.59 bits per heavy atom. The summed E-state index contributed by atoms with van der Waals surface area (Å²) in [5.74, 6) is 0.178. The summed E-state index contributed by atoms with van der Waals surface area (Å²) in [6, 6.07) is 12.3. The van der Waals surface area contributed by atoms with Gasteiger partial charge >= 0.3 is 6.09 Å². The van der Waals surface area contributed by atoms with E-state index in [1.54, 1.807) is 12.1 Å². The van der Waals surface area contributed by atoms with Gasteiger partial charge in [0.2, 0.25) is 5.91 Å². The van der Waals surface area contributed by atoms with Crippen molar-refractivity contribution in [2.75, 3.05) is 18.0 Å². The average molecular weight is 467 g/mol. The quantitative estimate of drug-likeness (QED) is 0.524. The van der Waals surface area contributed by atoms with E-state index in [1.165, 1.54) is 17.9 Å². The predicted molar refractivity (Wildman–Crippen MR) is 125 cm³/mol. The molecule has 0 aliphatic carbocycles. The Balaban J connectivity index is 1.38. The number of hydrogen-bond donors (Lipinski definition) is 2. The van der Waals surface area contributed by atoms with E-state index in [2.05, 4.69) is 15.8 Å². The van der Waals surface area contributed by atoms with Gasteiger partial charge in [-0.1, -0.05) is 29.4 Å². The van der Waals surface area contributed by atoms with Crippen LogP contribution in [0, 0.1) is 19.7 Å². The number of anilines is 1. The molecule has 0 spiro atoms. The van der Waals surface area contributed by atoms with E-state index in [9.17, 15) is 14.0 Å². The molecule has 1 aliphatic heterocycles. The number of aromatic nitrogens is 1. The molecule has 4 rings (SSSR count). The lowest BCUT2D eigenvalue weighted by atomic mass is 10.0. The molecule has 2 N–H and O–H groups in total. The van der Waals surface area contributed by atoms with Crippen molar-refractivity contribution in [3.05, 3.63) is 70.9 Å². The fourth-order valence-electron chi connectivity index (χ4n) is 3.89. The highest BCUT2D eigenvalue weighted by Crippen LogP contribution is 2.29. The highest BCUT2D eigenvalue weighted by Gasteiger charge is 2.32. The van der Waals surface area contributed by atoms with Gasteiger partial charge in [-0.3, -0.25) is 9.69 Å². The molecular formula is C25H27FN4O4. The Labute approximate surface area is 197 Å². The third kappa shape index (κ3) is 5.26. The number of carbonyl (C=O) groups is 2. The van der Waals surface area contributed by atoms with Crippen LogP contribution in [0.5, 0.6) is 0 Å². The van der Waals surface area contributed by atoms with E-state index in [1.807, 2.05) is 38.1 Å². The smallest absolute Gasteiger partial charge is 0.414 e. The molecule has 0 saturated carbocycles. The van der Waals surface area contributed by atoms with Gasteiger partial charge < -0.3 is 19.9 Å². The molecule has 2 aromatic carbocycles. The summed E-state index contributed by atoms with van der Waals surface area (Å²) < 4.78 is 25.4. The van der Waals surface area contributed by atoms with Gasteiger partial charge in [0.1, 0.15) is 17.7 Å². The van der Waals surface area contributed by atoms with Crippen molar-refractivity contribution in [3.63, 3.8) is 0 Å². The Morgan fingerprint density at radius 1 is 1.18 bits per heavy atom. The first kappa shape index (κ1) is 23.4. The first-order chi connectivity index (χ1) is 16.3. The number of rotatable bonds is 8. The zero-order valence-corrected chi connectivity index (χ0v) is 19.4. The Morgan fingerprint density at radius 2 is 1.94 bits per heavy atom. The average Bonchev–Trinajstić information content (AvgIpc) is 3.34. The normalized spacial score (nSPS) is 15.5. The lowest BCUT2D eigenvalue weighted by Gasteiger charge is -2.15. The van der Waals surface area contributed by atoms with E-state index in [0.29, 0.717) is 24.3 Å². The number of benzene rings is 2. The third-order valence-corrected chi connectivity index (χ3v) is 5.79. The van der Waals surface area contributed by atoms with Crippen molar-refractivity contribution in [1.82, 2.24) is 15.8 Å². The highest BCUT2D eigenvalue weighted by molar-refractivity contribution is 5.90. The number of hydrogen-bond acceptors (Lipinski definition) is 6. The van der Waals surface area contributed by atoms with E-state index in [-0.39, 0.29) is 19.0 Å². The van der Waals surface area contributed by atoms with E-state index >= 15 is 0 Å². The maximum absolute atomic E-state index is 14.9. The van der Waals surface area contributed by atoms with Crippen LogP contribution in [-0.4, -0.2) is 36.4 Å². The van der Waals surface area contributed by atoms with Crippen molar-refractivity contribution in [2.45, 2.75) is 40.0 Å². The van der Waals surface area contributed by atoms with Gasteiger partial charge in [0.15, 0.2) is 0 Å². The molecule has 2 heterocycles. The molecule has 2 amide bonds. The standard InChI is InChI=1S/C25H27FN4O4/c1-15-23(16(2)34-29-15)13-27-11-18-4-6-19(7-5-18)22-9-8-20(10-24(22)26)30-14-21(33-25(30)32)12-28-17(3)31/h4-10,21,27H,11-14H2,1-3H3,(H,28,31). The molecule has 178 valence electrons. The molecule has 1 aromatic heterocycles. The lowest BCUT2D eigenvalue weighted by molar-refractivity contribution is -0.119. The molecule has 1 atom stereocenters. The van der Waals surface area contributed by atoms with Gasteiger partial charge in [-0.15, -0.1) is 0 Å². The maximum Gasteiger partial charge on any atom is 0.414 e. The predicted octanol–water partition coefficient (Wildman–Crippen LogP) is 3.85. The number of ether oxygens (including phenoxy) is 1. The van der Waals surface area contributed by atoms with Gasteiger partial charge in [0.25, 0.3) is 0 Å². The van der Waals surface area contributed by atoms with Crippen molar-refractivity contribution in [2.24, 2.45) is 0 Å². The van der Waals surface area contributed by atoms with Crippen LogP contribution in [0.3, 0.4) is 0 Å². The topological polar surface area (TPSA) is 96.7 Å². The first-order valence-electron chi connectivity index (χ1n) is 11.1. The molecule has 8 nitrogen and oxygen atoms in total. The minimum absolute atomic E-state index is 0.202. The van der Waals surface area contributed by atoms with Crippen LogP contribution in [0.25, 0.3) is 11.1 Å². The summed E-state index contributed by atoms with van der Waals surface area (Å²) in [7, 11) is 0. The largest absolute Gasteiger partial charge is 0.442 e. The summed E-state index contributed by atoms with van der Waals surface area (Å²) in [5.41, 5.74) is 4.61. The van der Waals surface area contributed by atoms with Gasteiger partial charge in [0.05, 0.1) is 24.5 Å².